The van der Waals surface area contributed by atoms with Gasteiger partial charge in [-0.2, -0.15) is 5.10 Å². The zero-order valence-corrected chi connectivity index (χ0v) is 13.0. The first-order chi connectivity index (χ1) is 9.64. The van der Waals surface area contributed by atoms with E-state index in [1.807, 2.05) is 11.6 Å². The summed E-state index contributed by atoms with van der Waals surface area (Å²) < 4.78 is 13.0. The minimum atomic E-state index is -0.302. The van der Waals surface area contributed by atoms with Gasteiger partial charge in [0.05, 0.1) is 41.7 Å². The van der Waals surface area contributed by atoms with E-state index in [9.17, 15) is 0 Å². The summed E-state index contributed by atoms with van der Waals surface area (Å²) in [6, 6.07) is -0.253. The van der Waals surface area contributed by atoms with Gasteiger partial charge in [-0.1, -0.05) is 24.4 Å². The van der Waals surface area contributed by atoms with Crippen LogP contribution >= 0.6 is 11.6 Å². The molecule has 1 aliphatic rings. The molecule has 0 aromatic carbocycles. The van der Waals surface area contributed by atoms with E-state index in [1.165, 1.54) is 0 Å². The molecular weight excluding hydrogens is 278 g/mol. The number of aromatic nitrogens is 2. The third kappa shape index (κ3) is 3.01. The lowest BCUT2D eigenvalue weighted by atomic mass is 9.90. The van der Waals surface area contributed by atoms with E-state index < -0.39 is 0 Å². The maximum Gasteiger partial charge on any atom is 0.0889 e. The molecule has 1 aromatic rings. The van der Waals surface area contributed by atoms with Crippen molar-refractivity contribution in [3.8, 4) is 0 Å². The fraction of sp³-hybridized carbons (Fsp3) is 0.786. The number of nitrogens with zero attached hydrogens (tertiary/aromatic N) is 2. The first-order valence-corrected chi connectivity index (χ1v) is 7.62. The summed E-state index contributed by atoms with van der Waals surface area (Å²) >= 11 is 6.30. The van der Waals surface area contributed by atoms with Crippen LogP contribution in [0, 0.1) is 0 Å². The van der Waals surface area contributed by atoms with Crippen LogP contribution in [0.25, 0.3) is 0 Å². The van der Waals surface area contributed by atoms with Crippen molar-refractivity contribution in [1.29, 1.82) is 0 Å². The van der Waals surface area contributed by atoms with Crippen LogP contribution < -0.4 is 5.73 Å². The van der Waals surface area contributed by atoms with Crippen molar-refractivity contribution in [3.63, 3.8) is 0 Å². The van der Waals surface area contributed by atoms with Crippen molar-refractivity contribution in [2.24, 2.45) is 5.73 Å². The molecular formula is C14H24ClN3O2. The standard InChI is InChI=1S/C14H24ClN3O2/c1-3-20-14(6-4-5-7-14)13(16)12-11(15)10-17-18(12)8-9-19-2/h10,13H,3-9,16H2,1-2H3. The topological polar surface area (TPSA) is 62.3 Å². The van der Waals surface area contributed by atoms with Gasteiger partial charge in [0.25, 0.3) is 0 Å². The summed E-state index contributed by atoms with van der Waals surface area (Å²) in [4.78, 5) is 0. The summed E-state index contributed by atoms with van der Waals surface area (Å²) in [5.41, 5.74) is 7.09. The van der Waals surface area contributed by atoms with E-state index in [2.05, 4.69) is 5.10 Å². The number of hydrogen-bond acceptors (Lipinski definition) is 4. The quantitative estimate of drug-likeness (QED) is 0.840. The molecule has 0 spiro atoms. The molecule has 1 unspecified atom stereocenters. The Labute approximate surface area is 125 Å². The van der Waals surface area contributed by atoms with Gasteiger partial charge in [-0.3, -0.25) is 4.68 Å². The van der Waals surface area contributed by atoms with Crippen LogP contribution in [0.4, 0.5) is 0 Å². The van der Waals surface area contributed by atoms with Gasteiger partial charge in [0.1, 0.15) is 0 Å². The Morgan fingerprint density at radius 1 is 1.50 bits per heavy atom. The maximum absolute atomic E-state index is 6.53. The summed E-state index contributed by atoms with van der Waals surface area (Å²) in [6.45, 7) is 3.90. The summed E-state index contributed by atoms with van der Waals surface area (Å²) in [5, 5.41) is 4.92. The van der Waals surface area contributed by atoms with Crippen LogP contribution in [-0.4, -0.2) is 35.7 Å². The minimum Gasteiger partial charge on any atom is -0.383 e. The Balaban J connectivity index is 2.26. The van der Waals surface area contributed by atoms with Crippen molar-refractivity contribution in [2.45, 2.75) is 50.8 Å². The normalized spacial score (nSPS) is 19.4. The zero-order valence-electron chi connectivity index (χ0n) is 12.3. The Bertz CT molecular complexity index is 430. The lowest BCUT2D eigenvalue weighted by Crippen LogP contribution is -2.42. The second-order valence-corrected chi connectivity index (χ2v) is 5.68. The van der Waals surface area contributed by atoms with Crippen LogP contribution in [0.1, 0.15) is 44.3 Å². The Hall–Kier alpha value is -0.620. The van der Waals surface area contributed by atoms with Gasteiger partial charge >= 0.3 is 0 Å². The highest BCUT2D eigenvalue weighted by Crippen LogP contribution is 2.43. The molecule has 1 fully saturated rings. The lowest BCUT2D eigenvalue weighted by molar-refractivity contribution is -0.0554. The zero-order chi connectivity index (χ0) is 14.6. The van der Waals surface area contributed by atoms with Crippen LogP contribution in [0.5, 0.6) is 0 Å². The van der Waals surface area contributed by atoms with E-state index in [4.69, 9.17) is 26.8 Å². The summed E-state index contributed by atoms with van der Waals surface area (Å²) in [5.74, 6) is 0. The van der Waals surface area contributed by atoms with Crippen LogP contribution in [0.2, 0.25) is 5.02 Å². The molecule has 1 aliphatic carbocycles. The van der Waals surface area contributed by atoms with Crippen LogP contribution in [-0.2, 0) is 16.0 Å². The molecule has 1 atom stereocenters. The SMILES string of the molecule is CCOC1(C(N)c2c(Cl)cnn2CCOC)CCCC1. The van der Waals surface area contributed by atoms with Crippen molar-refractivity contribution in [1.82, 2.24) is 9.78 Å². The van der Waals surface area contributed by atoms with Crippen molar-refractivity contribution >= 4 is 11.6 Å². The molecule has 5 nitrogen and oxygen atoms in total. The molecule has 0 amide bonds. The Kier molecular flexibility index (Phi) is 5.43. The molecule has 0 bridgehead atoms. The van der Waals surface area contributed by atoms with Gasteiger partial charge in [0.15, 0.2) is 0 Å². The molecule has 2 N–H and O–H groups in total. The van der Waals surface area contributed by atoms with Crippen molar-refractivity contribution < 1.29 is 9.47 Å². The third-order valence-corrected chi connectivity index (χ3v) is 4.37. The summed E-state index contributed by atoms with van der Waals surface area (Å²) in [6.07, 6.45) is 5.91. The second kappa shape index (κ2) is 6.89. The Morgan fingerprint density at radius 2 is 2.20 bits per heavy atom. The highest BCUT2D eigenvalue weighted by Gasteiger charge is 2.43. The monoisotopic (exact) mass is 301 g/mol. The van der Waals surface area contributed by atoms with Crippen molar-refractivity contribution in [2.75, 3.05) is 20.3 Å². The molecule has 6 heteroatoms. The molecule has 1 heterocycles. The number of nitrogens with two attached hydrogens (primary N) is 1. The van der Waals surface area contributed by atoms with E-state index in [1.54, 1.807) is 13.3 Å². The lowest BCUT2D eigenvalue weighted by Gasteiger charge is -2.35. The number of halogens is 1. The molecule has 1 aromatic heterocycles. The molecule has 1 saturated carbocycles. The van der Waals surface area contributed by atoms with Gasteiger partial charge in [-0.25, -0.2) is 0 Å². The largest absolute Gasteiger partial charge is 0.383 e. The number of ether oxygens (including phenoxy) is 2. The van der Waals surface area contributed by atoms with E-state index in [-0.39, 0.29) is 11.6 Å². The molecule has 0 saturated heterocycles. The summed E-state index contributed by atoms with van der Waals surface area (Å²) in [7, 11) is 1.67. The first-order valence-electron chi connectivity index (χ1n) is 7.24. The average molecular weight is 302 g/mol. The Morgan fingerprint density at radius 3 is 2.80 bits per heavy atom. The van der Waals surface area contributed by atoms with Gasteiger partial charge in [0, 0.05) is 13.7 Å². The number of rotatable bonds is 7. The highest BCUT2D eigenvalue weighted by molar-refractivity contribution is 6.31. The number of hydrogen-bond donors (Lipinski definition) is 1. The van der Waals surface area contributed by atoms with Gasteiger partial charge in [-0.05, 0) is 19.8 Å². The van der Waals surface area contributed by atoms with Crippen LogP contribution in [0.3, 0.4) is 0 Å². The highest BCUT2D eigenvalue weighted by atomic mass is 35.5. The minimum absolute atomic E-state index is 0.253. The molecule has 0 aliphatic heterocycles. The molecule has 20 heavy (non-hydrogen) atoms. The van der Waals surface area contributed by atoms with E-state index >= 15 is 0 Å². The van der Waals surface area contributed by atoms with Gasteiger partial charge in [0.2, 0.25) is 0 Å². The fourth-order valence-electron chi connectivity index (χ4n) is 3.09. The maximum atomic E-state index is 6.53. The predicted octanol–water partition coefficient (Wildman–Crippen LogP) is 2.53. The third-order valence-electron chi connectivity index (χ3n) is 4.08. The van der Waals surface area contributed by atoms with Crippen LogP contribution in [0.15, 0.2) is 6.20 Å². The molecule has 114 valence electrons. The molecule has 0 radical (unpaired) electrons. The first kappa shape index (κ1) is 15.8. The van der Waals surface area contributed by atoms with E-state index in [0.717, 1.165) is 31.4 Å². The van der Waals surface area contributed by atoms with E-state index in [0.29, 0.717) is 24.8 Å². The van der Waals surface area contributed by atoms with Gasteiger partial charge in [-0.15, -0.1) is 0 Å². The smallest absolute Gasteiger partial charge is 0.0889 e. The van der Waals surface area contributed by atoms with Crippen molar-refractivity contribution in [3.05, 3.63) is 16.9 Å². The fourth-order valence-corrected chi connectivity index (χ4v) is 3.35. The number of methoxy groups -OCH3 is 1. The molecule has 2 rings (SSSR count). The second-order valence-electron chi connectivity index (χ2n) is 5.28. The average Bonchev–Trinajstić information content (AvgIpc) is 3.04. The predicted molar refractivity (Wildman–Crippen MR) is 78.9 cm³/mol. The van der Waals surface area contributed by atoms with Gasteiger partial charge < -0.3 is 15.2 Å².